The Labute approximate surface area is 155 Å². The average Bonchev–Trinajstić information content (AvgIpc) is 2.69. The normalized spacial score (nSPS) is 16.0. The van der Waals surface area contributed by atoms with E-state index >= 15 is 0 Å². The molecule has 1 aliphatic heterocycles. The minimum Gasteiger partial charge on any atom is -0.367 e. The van der Waals surface area contributed by atoms with Crippen LogP contribution in [0.25, 0.3) is 10.9 Å². The van der Waals surface area contributed by atoms with Crippen LogP contribution in [0.5, 0.6) is 0 Å². The van der Waals surface area contributed by atoms with Crippen LogP contribution in [-0.2, 0) is 6.42 Å². The van der Waals surface area contributed by atoms with E-state index in [4.69, 9.17) is 0 Å². The van der Waals surface area contributed by atoms with E-state index in [9.17, 15) is 0 Å². The van der Waals surface area contributed by atoms with Gasteiger partial charge < -0.3 is 10.2 Å². The van der Waals surface area contributed by atoms with Crippen molar-refractivity contribution < 1.29 is 0 Å². The minimum atomic E-state index is 0.488. The van der Waals surface area contributed by atoms with Crippen LogP contribution in [0.1, 0.15) is 24.0 Å². The first-order chi connectivity index (χ1) is 12.8. The molecule has 1 saturated heterocycles. The molecule has 2 heterocycles. The zero-order chi connectivity index (χ0) is 17.8. The van der Waals surface area contributed by atoms with Crippen LogP contribution in [0, 0.1) is 6.92 Å². The number of likely N-dealkylation sites (tertiary alicyclic amines) is 1. The molecule has 2 aromatic carbocycles. The first kappa shape index (κ1) is 17.0. The summed E-state index contributed by atoms with van der Waals surface area (Å²) in [6, 6.07) is 17.6. The molecular formula is C22H26N4. The standard InChI is InChI=1S/C22H26N4/c1-17-7-8-21-20(15-17)22(24-16-23-21)25-19-10-13-26(14-11-19)12-9-18-5-3-2-4-6-18/h2-8,15-16,19H,9-14H2,1H3,(H,23,24,25). The molecule has 4 nitrogen and oxygen atoms in total. The molecule has 3 aromatic rings. The number of aryl methyl sites for hydroxylation is 1. The van der Waals surface area contributed by atoms with Gasteiger partial charge in [-0.15, -0.1) is 0 Å². The van der Waals surface area contributed by atoms with Crippen molar-refractivity contribution in [2.24, 2.45) is 0 Å². The Morgan fingerprint density at radius 1 is 1.04 bits per heavy atom. The largest absolute Gasteiger partial charge is 0.367 e. The van der Waals surface area contributed by atoms with Gasteiger partial charge in [-0.2, -0.15) is 0 Å². The van der Waals surface area contributed by atoms with Gasteiger partial charge in [0.25, 0.3) is 0 Å². The Kier molecular flexibility index (Phi) is 5.12. The molecule has 0 radical (unpaired) electrons. The second kappa shape index (κ2) is 7.83. The number of benzene rings is 2. The zero-order valence-electron chi connectivity index (χ0n) is 15.4. The Hall–Kier alpha value is -2.46. The third-order valence-electron chi connectivity index (χ3n) is 5.28. The van der Waals surface area contributed by atoms with Gasteiger partial charge in [-0.3, -0.25) is 0 Å². The van der Waals surface area contributed by atoms with E-state index in [1.54, 1.807) is 6.33 Å². The number of piperidine rings is 1. The smallest absolute Gasteiger partial charge is 0.137 e. The summed E-state index contributed by atoms with van der Waals surface area (Å²) in [6.07, 6.45) is 5.11. The van der Waals surface area contributed by atoms with Gasteiger partial charge in [0, 0.05) is 31.1 Å². The lowest BCUT2D eigenvalue weighted by Gasteiger charge is -2.32. The molecule has 0 spiro atoms. The fraction of sp³-hybridized carbons (Fsp3) is 0.364. The number of anilines is 1. The highest BCUT2D eigenvalue weighted by Crippen LogP contribution is 2.23. The molecule has 1 aliphatic rings. The molecular weight excluding hydrogens is 320 g/mol. The molecule has 4 rings (SSSR count). The number of fused-ring (bicyclic) bond motifs is 1. The van der Waals surface area contributed by atoms with Gasteiger partial charge in [-0.25, -0.2) is 9.97 Å². The lowest BCUT2D eigenvalue weighted by Crippen LogP contribution is -2.40. The summed E-state index contributed by atoms with van der Waals surface area (Å²) in [7, 11) is 0. The van der Waals surface area contributed by atoms with Gasteiger partial charge in [-0.05, 0) is 43.9 Å². The van der Waals surface area contributed by atoms with Crippen LogP contribution in [0.4, 0.5) is 5.82 Å². The lowest BCUT2D eigenvalue weighted by molar-refractivity contribution is 0.221. The Balaban J connectivity index is 1.33. The third kappa shape index (κ3) is 4.02. The van der Waals surface area contributed by atoms with Gasteiger partial charge >= 0.3 is 0 Å². The van der Waals surface area contributed by atoms with Crippen LogP contribution in [0.3, 0.4) is 0 Å². The summed E-state index contributed by atoms with van der Waals surface area (Å²) in [5.74, 6) is 0.974. The molecule has 134 valence electrons. The predicted molar refractivity (Wildman–Crippen MR) is 108 cm³/mol. The topological polar surface area (TPSA) is 41.1 Å². The molecule has 4 heteroatoms. The van der Waals surface area contributed by atoms with E-state index in [-0.39, 0.29) is 0 Å². The van der Waals surface area contributed by atoms with Crippen molar-refractivity contribution >= 4 is 16.7 Å². The summed E-state index contributed by atoms with van der Waals surface area (Å²) < 4.78 is 0. The number of hydrogen-bond acceptors (Lipinski definition) is 4. The van der Waals surface area contributed by atoms with Gasteiger partial charge in [0.05, 0.1) is 5.52 Å². The van der Waals surface area contributed by atoms with Crippen LogP contribution < -0.4 is 5.32 Å². The molecule has 26 heavy (non-hydrogen) atoms. The number of aromatic nitrogens is 2. The van der Waals surface area contributed by atoms with Crippen molar-refractivity contribution in [3.63, 3.8) is 0 Å². The molecule has 0 atom stereocenters. The Morgan fingerprint density at radius 3 is 2.65 bits per heavy atom. The first-order valence-corrected chi connectivity index (χ1v) is 9.52. The zero-order valence-corrected chi connectivity index (χ0v) is 15.4. The quantitative estimate of drug-likeness (QED) is 0.756. The van der Waals surface area contributed by atoms with Gasteiger partial charge in [0.1, 0.15) is 12.1 Å². The number of nitrogens with one attached hydrogen (secondary N) is 1. The molecule has 0 amide bonds. The average molecular weight is 346 g/mol. The monoisotopic (exact) mass is 346 g/mol. The molecule has 1 fully saturated rings. The summed E-state index contributed by atoms with van der Waals surface area (Å²) >= 11 is 0. The van der Waals surface area contributed by atoms with E-state index < -0.39 is 0 Å². The van der Waals surface area contributed by atoms with Gasteiger partial charge in [-0.1, -0.05) is 42.0 Å². The molecule has 1 aromatic heterocycles. The Morgan fingerprint density at radius 2 is 1.85 bits per heavy atom. The van der Waals surface area contributed by atoms with Crippen LogP contribution >= 0.6 is 0 Å². The van der Waals surface area contributed by atoms with Gasteiger partial charge in [0.15, 0.2) is 0 Å². The third-order valence-corrected chi connectivity index (χ3v) is 5.28. The molecule has 0 bridgehead atoms. The van der Waals surface area contributed by atoms with Crippen molar-refractivity contribution in [2.75, 3.05) is 25.0 Å². The lowest BCUT2D eigenvalue weighted by atomic mass is 10.0. The fourth-order valence-electron chi connectivity index (χ4n) is 3.71. The summed E-state index contributed by atoms with van der Waals surface area (Å²) in [5, 5.41) is 4.79. The molecule has 0 saturated carbocycles. The SMILES string of the molecule is Cc1ccc2ncnc(NC3CCN(CCc4ccccc4)CC3)c2c1. The maximum absolute atomic E-state index is 4.50. The maximum atomic E-state index is 4.50. The summed E-state index contributed by atoms with van der Waals surface area (Å²) in [4.78, 5) is 11.5. The van der Waals surface area contributed by atoms with Crippen LogP contribution in [-0.4, -0.2) is 40.5 Å². The van der Waals surface area contributed by atoms with E-state index in [0.29, 0.717) is 6.04 Å². The number of rotatable bonds is 5. The van der Waals surface area contributed by atoms with Crippen molar-refractivity contribution in [1.29, 1.82) is 0 Å². The predicted octanol–water partition coefficient (Wildman–Crippen LogP) is 4.06. The molecule has 0 aliphatic carbocycles. The van der Waals surface area contributed by atoms with E-state index in [0.717, 1.165) is 55.6 Å². The van der Waals surface area contributed by atoms with Crippen LogP contribution in [0.15, 0.2) is 54.9 Å². The number of nitrogens with zero attached hydrogens (tertiary/aromatic N) is 3. The van der Waals surface area contributed by atoms with E-state index in [1.807, 2.05) is 0 Å². The second-order valence-electron chi connectivity index (χ2n) is 7.24. The maximum Gasteiger partial charge on any atom is 0.137 e. The number of hydrogen-bond donors (Lipinski definition) is 1. The first-order valence-electron chi connectivity index (χ1n) is 9.52. The van der Waals surface area contributed by atoms with Crippen molar-refractivity contribution in [3.05, 3.63) is 66.0 Å². The Bertz CT molecular complexity index is 854. The minimum absolute atomic E-state index is 0.488. The molecule has 1 N–H and O–H groups in total. The fourth-order valence-corrected chi connectivity index (χ4v) is 3.71. The van der Waals surface area contributed by atoms with Crippen LogP contribution in [0.2, 0.25) is 0 Å². The van der Waals surface area contributed by atoms with E-state index in [2.05, 4.69) is 75.6 Å². The second-order valence-corrected chi connectivity index (χ2v) is 7.24. The highest BCUT2D eigenvalue weighted by Gasteiger charge is 2.19. The molecule has 0 unspecified atom stereocenters. The highest BCUT2D eigenvalue weighted by molar-refractivity contribution is 5.89. The van der Waals surface area contributed by atoms with Crippen molar-refractivity contribution in [1.82, 2.24) is 14.9 Å². The summed E-state index contributed by atoms with van der Waals surface area (Å²) in [6.45, 7) is 5.55. The van der Waals surface area contributed by atoms with Crippen molar-refractivity contribution in [3.8, 4) is 0 Å². The summed E-state index contributed by atoms with van der Waals surface area (Å²) in [5.41, 5.74) is 3.68. The van der Waals surface area contributed by atoms with Crippen molar-refractivity contribution in [2.45, 2.75) is 32.2 Å². The van der Waals surface area contributed by atoms with E-state index in [1.165, 1.54) is 11.1 Å². The highest BCUT2D eigenvalue weighted by atomic mass is 15.1. The van der Waals surface area contributed by atoms with Gasteiger partial charge in [0.2, 0.25) is 0 Å².